The van der Waals surface area contributed by atoms with Crippen molar-refractivity contribution in [3.05, 3.63) is 69.2 Å². The summed E-state index contributed by atoms with van der Waals surface area (Å²) in [4.78, 5) is 35.6. The number of halogens is 1. The average Bonchev–Trinajstić information content (AvgIpc) is 2.44. The first-order valence-corrected chi connectivity index (χ1v) is 6.13. The zero-order valence-electron chi connectivity index (χ0n) is 10.0. The number of carboxylic acids is 1. The van der Waals surface area contributed by atoms with Crippen LogP contribution in [0.1, 0.15) is 42.2 Å². The minimum atomic E-state index is -1.14. The maximum absolute atomic E-state index is 12.4. The summed E-state index contributed by atoms with van der Waals surface area (Å²) in [5.74, 6) is -1.83. The van der Waals surface area contributed by atoms with Gasteiger partial charge in [0, 0.05) is 27.3 Å². The van der Waals surface area contributed by atoms with Crippen LogP contribution < -0.4 is 0 Å². The fourth-order valence-corrected chi connectivity index (χ4v) is 2.43. The molecular formula is C15H7ClO4. The van der Waals surface area contributed by atoms with Crippen molar-refractivity contribution in [1.29, 1.82) is 0 Å². The Bertz CT molecular complexity index is 792. The zero-order valence-corrected chi connectivity index (χ0v) is 10.8. The second-order valence-electron chi connectivity index (χ2n) is 4.41. The number of hydrogen-bond donors (Lipinski definition) is 1. The van der Waals surface area contributed by atoms with E-state index in [1.807, 2.05) is 0 Å². The Morgan fingerprint density at radius 3 is 2.00 bits per heavy atom. The van der Waals surface area contributed by atoms with Crippen LogP contribution in [-0.2, 0) is 0 Å². The number of fused-ring (bicyclic) bond motifs is 2. The van der Waals surface area contributed by atoms with E-state index in [-0.39, 0.29) is 39.4 Å². The first-order chi connectivity index (χ1) is 9.49. The second-order valence-corrected chi connectivity index (χ2v) is 4.85. The Kier molecular flexibility index (Phi) is 2.69. The largest absolute Gasteiger partial charge is 0.478 e. The van der Waals surface area contributed by atoms with Crippen LogP contribution in [0.4, 0.5) is 0 Å². The lowest BCUT2D eigenvalue weighted by Gasteiger charge is -2.17. The molecule has 5 heteroatoms. The molecule has 1 N–H and O–H groups in total. The Hall–Kier alpha value is -2.46. The van der Waals surface area contributed by atoms with Gasteiger partial charge in [0.25, 0.3) is 0 Å². The van der Waals surface area contributed by atoms with Crippen molar-refractivity contribution in [2.45, 2.75) is 0 Å². The molecule has 2 aromatic rings. The molecule has 4 nitrogen and oxygen atoms in total. The number of carbonyl (C=O) groups excluding carboxylic acids is 2. The summed E-state index contributed by atoms with van der Waals surface area (Å²) in [6.45, 7) is 0. The van der Waals surface area contributed by atoms with Crippen LogP contribution in [0.15, 0.2) is 36.4 Å². The van der Waals surface area contributed by atoms with Crippen LogP contribution in [0.5, 0.6) is 0 Å². The van der Waals surface area contributed by atoms with E-state index < -0.39 is 5.97 Å². The molecule has 2 aromatic carbocycles. The van der Waals surface area contributed by atoms with Gasteiger partial charge in [0.2, 0.25) is 0 Å². The predicted molar refractivity (Wildman–Crippen MR) is 71.7 cm³/mol. The van der Waals surface area contributed by atoms with E-state index >= 15 is 0 Å². The Morgan fingerprint density at radius 1 is 0.850 bits per heavy atom. The van der Waals surface area contributed by atoms with Crippen molar-refractivity contribution in [2.75, 3.05) is 0 Å². The van der Waals surface area contributed by atoms with Crippen LogP contribution in [0, 0.1) is 0 Å². The number of carboxylic acid groups (broad SMARTS) is 1. The standard InChI is InChI=1S/C15H7ClO4/c16-8-2-4-10-12(6-8)14(18)9-3-1-7(15(19)20)5-11(9)13(10)17/h1-6H,(H,19,20). The average molecular weight is 287 g/mol. The number of hydrogen-bond acceptors (Lipinski definition) is 3. The molecule has 0 aromatic heterocycles. The summed E-state index contributed by atoms with van der Waals surface area (Å²) in [5, 5.41) is 9.33. The van der Waals surface area contributed by atoms with Gasteiger partial charge in [0.15, 0.2) is 11.6 Å². The third-order valence-corrected chi connectivity index (χ3v) is 3.46. The molecule has 0 aliphatic heterocycles. The highest BCUT2D eigenvalue weighted by atomic mass is 35.5. The van der Waals surface area contributed by atoms with Gasteiger partial charge in [-0.2, -0.15) is 0 Å². The lowest BCUT2D eigenvalue weighted by Crippen LogP contribution is -2.21. The molecule has 98 valence electrons. The molecule has 0 bridgehead atoms. The monoisotopic (exact) mass is 286 g/mol. The predicted octanol–water partition coefficient (Wildman–Crippen LogP) is 2.81. The van der Waals surface area contributed by atoms with E-state index in [1.54, 1.807) is 0 Å². The first kappa shape index (κ1) is 12.6. The molecule has 3 rings (SSSR count). The van der Waals surface area contributed by atoms with E-state index in [0.717, 1.165) is 0 Å². The SMILES string of the molecule is O=C(O)c1ccc2c(c1)C(=O)c1ccc(Cl)cc1C2=O. The number of aromatic carboxylic acids is 1. The second kappa shape index (κ2) is 4.28. The van der Waals surface area contributed by atoms with Gasteiger partial charge in [-0.05, 0) is 36.4 Å². The molecule has 0 atom stereocenters. The summed E-state index contributed by atoms with van der Waals surface area (Å²) < 4.78 is 0. The molecule has 1 aliphatic carbocycles. The van der Waals surface area contributed by atoms with E-state index in [9.17, 15) is 14.4 Å². The van der Waals surface area contributed by atoms with Gasteiger partial charge in [-0.3, -0.25) is 9.59 Å². The molecular weight excluding hydrogens is 280 g/mol. The van der Waals surface area contributed by atoms with Crippen molar-refractivity contribution in [3.63, 3.8) is 0 Å². The van der Waals surface area contributed by atoms with Gasteiger partial charge < -0.3 is 5.11 Å². The Labute approximate surface area is 118 Å². The van der Waals surface area contributed by atoms with E-state index in [0.29, 0.717) is 5.02 Å². The minimum Gasteiger partial charge on any atom is -0.478 e. The van der Waals surface area contributed by atoms with Crippen LogP contribution in [0.2, 0.25) is 5.02 Å². The van der Waals surface area contributed by atoms with Crippen molar-refractivity contribution in [3.8, 4) is 0 Å². The molecule has 0 saturated heterocycles. The summed E-state index contributed by atoms with van der Waals surface area (Å²) in [5.41, 5.74) is 0.786. The topological polar surface area (TPSA) is 71.4 Å². The van der Waals surface area contributed by atoms with E-state index in [4.69, 9.17) is 16.7 Å². The molecule has 1 aliphatic rings. The molecule has 0 fully saturated rings. The number of ketones is 2. The highest BCUT2D eigenvalue weighted by molar-refractivity contribution is 6.33. The van der Waals surface area contributed by atoms with Gasteiger partial charge in [-0.15, -0.1) is 0 Å². The Morgan fingerprint density at radius 2 is 1.40 bits per heavy atom. The van der Waals surface area contributed by atoms with Gasteiger partial charge >= 0.3 is 5.97 Å². The van der Waals surface area contributed by atoms with Crippen molar-refractivity contribution < 1.29 is 19.5 Å². The summed E-state index contributed by atoms with van der Waals surface area (Å²) in [7, 11) is 0. The van der Waals surface area contributed by atoms with Gasteiger partial charge in [-0.25, -0.2) is 4.79 Å². The summed E-state index contributed by atoms with van der Waals surface area (Å²) >= 11 is 5.84. The molecule has 0 amide bonds. The van der Waals surface area contributed by atoms with Crippen LogP contribution >= 0.6 is 11.6 Å². The molecule has 0 spiro atoms. The van der Waals surface area contributed by atoms with Gasteiger partial charge in [0.05, 0.1) is 5.56 Å². The Balaban J connectivity index is 2.26. The van der Waals surface area contributed by atoms with Gasteiger partial charge in [-0.1, -0.05) is 11.6 Å². The fourth-order valence-electron chi connectivity index (χ4n) is 2.26. The fraction of sp³-hybridized carbons (Fsp3) is 0. The van der Waals surface area contributed by atoms with Gasteiger partial charge in [0.1, 0.15) is 0 Å². The number of benzene rings is 2. The molecule has 20 heavy (non-hydrogen) atoms. The maximum Gasteiger partial charge on any atom is 0.335 e. The van der Waals surface area contributed by atoms with E-state index in [2.05, 4.69) is 0 Å². The smallest absolute Gasteiger partial charge is 0.335 e. The molecule has 0 radical (unpaired) electrons. The summed E-state index contributed by atoms with van der Waals surface area (Å²) in [6.07, 6.45) is 0. The quantitative estimate of drug-likeness (QED) is 0.746. The van der Waals surface area contributed by atoms with Crippen molar-refractivity contribution in [1.82, 2.24) is 0 Å². The van der Waals surface area contributed by atoms with Crippen molar-refractivity contribution >= 4 is 29.1 Å². The lowest BCUT2D eigenvalue weighted by atomic mass is 9.83. The van der Waals surface area contributed by atoms with Crippen molar-refractivity contribution in [2.24, 2.45) is 0 Å². The lowest BCUT2D eigenvalue weighted by molar-refractivity contribution is 0.0696. The molecule has 0 saturated carbocycles. The van der Waals surface area contributed by atoms with Crippen LogP contribution in [0.3, 0.4) is 0 Å². The third-order valence-electron chi connectivity index (χ3n) is 3.23. The van der Waals surface area contributed by atoms with E-state index in [1.165, 1.54) is 36.4 Å². The number of carbonyl (C=O) groups is 3. The molecule has 0 unspecified atom stereocenters. The first-order valence-electron chi connectivity index (χ1n) is 5.75. The van der Waals surface area contributed by atoms with Crippen LogP contribution in [-0.4, -0.2) is 22.6 Å². The maximum atomic E-state index is 12.4. The molecule has 0 heterocycles. The van der Waals surface area contributed by atoms with Crippen LogP contribution in [0.25, 0.3) is 0 Å². The highest BCUT2D eigenvalue weighted by Gasteiger charge is 2.30. The third kappa shape index (κ3) is 1.73. The summed E-state index contributed by atoms with van der Waals surface area (Å²) in [6, 6.07) is 8.36. The zero-order chi connectivity index (χ0) is 14.4. The highest BCUT2D eigenvalue weighted by Crippen LogP contribution is 2.29. The minimum absolute atomic E-state index is 0.0256. The number of rotatable bonds is 1. The normalized spacial score (nSPS) is 12.8.